The van der Waals surface area contributed by atoms with E-state index in [0.29, 0.717) is 16.3 Å². The normalized spacial score (nSPS) is 10.3. The minimum Gasteiger partial charge on any atom is -0.423 e. The topological polar surface area (TPSA) is 26.3 Å². The summed E-state index contributed by atoms with van der Waals surface area (Å²) in [7, 11) is 0. The highest BCUT2D eigenvalue weighted by atomic mass is 35.5. The summed E-state index contributed by atoms with van der Waals surface area (Å²) in [6.45, 7) is 2.05. The van der Waals surface area contributed by atoms with Gasteiger partial charge in [-0.1, -0.05) is 59.6 Å². The summed E-state index contributed by atoms with van der Waals surface area (Å²) >= 11 is 5.88. The lowest BCUT2D eigenvalue weighted by Gasteiger charge is -2.06. The lowest BCUT2D eigenvalue weighted by Crippen LogP contribution is -2.08. The summed E-state index contributed by atoms with van der Waals surface area (Å²) in [6, 6.07) is 22.4. The molecular formula is C20H15ClO2. The van der Waals surface area contributed by atoms with Gasteiger partial charge in [0, 0.05) is 5.02 Å². The molecule has 0 radical (unpaired) electrons. The van der Waals surface area contributed by atoms with Crippen molar-refractivity contribution in [1.82, 2.24) is 0 Å². The first-order valence-corrected chi connectivity index (χ1v) is 7.64. The van der Waals surface area contributed by atoms with E-state index in [1.165, 1.54) is 5.56 Å². The van der Waals surface area contributed by atoms with Gasteiger partial charge in [0.05, 0.1) is 5.56 Å². The van der Waals surface area contributed by atoms with Crippen LogP contribution in [0.2, 0.25) is 5.02 Å². The van der Waals surface area contributed by atoms with E-state index in [-0.39, 0.29) is 0 Å². The molecule has 0 fully saturated rings. The van der Waals surface area contributed by atoms with Gasteiger partial charge in [-0.05, 0) is 48.4 Å². The van der Waals surface area contributed by atoms with E-state index in [9.17, 15) is 4.79 Å². The molecule has 0 aliphatic carbocycles. The van der Waals surface area contributed by atoms with Crippen molar-refractivity contribution in [2.75, 3.05) is 0 Å². The Kier molecular flexibility index (Phi) is 4.45. The van der Waals surface area contributed by atoms with E-state index in [1.54, 1.807) is 36.4 Å². The van der Waals surface area contributed by atoms with Crippen molar-refractivity contribution in [3.63, 3.8) is 0 Å². The molecule has 3 heteroatoms. The lowest BCUT2D eigenvalue weighted by atomic mass is 10.0. The zero-order valence-electron chi connectivity index (χ0n) is 12.6. The molecule has 0 heterocycles. The van der Waals surface area contributed by atoms with E-state index in [1.807, 2.05) is 12.1 Å². The van der Waals surface area contributed by atoms with Crippen molar-refractivity contribution in [1.29, 1.82) is 0 Å². The highest BCUT2D eigenvalue weighted by Crippen LogP contribution is 2.22. The maximum atomic E-state index is 12.2. The number of esters is 1. The molecule has 0 bridgehead atoms. The number of halogens is 1. The van der Waals surface area contributed by atoms with Gasteiger partial charge in [0.15, 0.2) is 0 Å². The van der Waals surface area contributed by atoms with Gasteiger partial charge in [0.2, 0.25) is 0 Å². The van der Waals surface area contributed by atoms with Crippen molar-refractivity contribution < 1.29 is 9.53 Å². The molecule has 0 saturated heterocycles. The van der Waals surface area contributed by atoms with E-state index in [4.69, 9.17) is 16.3 Å². The summed E-state index contributed by atoms with van der Waals surface area (Å²) in [6.07, 6.45) is 0. The Hall–Kier alpha value is -2.58. The van der Waals surface area contributed by atoms with Crippen LogP contribution in [0.4, 0.5) is 0 Å². The first-order valence-electron chi connectivity index (χ1n) is 7.27. The van der Waals surface area contributed by atoms with Crippen LogP contribution >= 0.6 is 11.6 Å². The number of carbonyl (C=O) groups excluding carboxylic acids is 1. The Morgan fingerprint density at radius 3 is 2.09 bits per heavy atom. The van der Waals surface area contributed by atoms with Crippen molar-refractivity contribution in [2.45, 2.75) is 6.92 Å². The molecule has 0 N–H and O–H groups in total. The van der Waals surface area contributed by atoms with Crippen molar-refractivity contribution in [2.24, 2.45) is 0 Å². The molecule has 114 valence electrons. The van der Waals surface area contributed by atoms with Crippen LogP contribution in [0.25, 0.3) is 11.1 Å². The van der Waals surface area contributed by atoms with E-state index < -0.39 is 5.97 Å². The number of hydrogen-bond acceptors (Lipinski definition) is 2. The standard InChI is InChI=1S/C20H15ClO2/c1-14-5-7-15(8-6-14)16-9-11-17(12-10-16)20(22)23-19-4-2-3-18(21)13-19/h2-13H,1H3. The molecule has 3 rings (SSSR count). The first-order chi connectivity index (χ1) is 11.1. The van der Waals surface area contributed by atoms with Crippen LogP contribution in [0.15, 0.2) is 72.8 Å². The summed E-state index contributed by atoms with van der Waals surface area (Å²) in [5.74, 6) is 0.0350. The summed E-state index contributed by atoms with van der Waals surface area (Å²) in [4.78, 5) is 12.2. The number of ether oxygens (including phenoxy) is 1. The predicted molar refractivity (Wildman–Crippen MR) is 93.0 cm³/mol. The van der Waals surface area contributed by atoms with Crippen molar-refractivity contribution >= 4 is 17.6 Å². The number of hydrogen-bond donors (Lipinski definition) is 0. The van der Waals surface area contributed by atoms with Gasteiger partial charge in [-0.3, -0.25) is 0 Å². The zero-order valence-corrected chi connectivity index (χ0v) is 13.4. The van der Waals surface area contributed by atoms with Crippen molar-refractivity contribution in [3.05, 3.63) is 88.9 Å². The highest BCUT2D eigenvalue weighted by Gasteiger charge is 2.09. The second-order valence-corrected chi connectivity index (χ2v) is 5.73. The predicted octanol–water partition coefficient (Wildman–Crippen LogP) is 5.53. The smallest absolute Gasteiger partial charge is 0.343 e. The highest BCUT2D eigenvalue weighted by molar-refractivity contribution is 6.30. The fourth-order valence-electron chi connectivity index (χ4n) is 2.24. The lowest BCUT2D eigenvalue weighted by molar-refractivity contribution is 0.0735. The molecule has 0 aromatic heterocycles. The monoisotopic (exact) mass is 322 g/mol. The molecule has 3 aromatic carbocycles. The van der Waals surface area contributed by atoms with Crippen LogP contribution in [-0.4, -0.2) is 5.97 Å². The number of benzene rings is 3. The summed E-state index contributed by atoms with van der Waals surface area (Å²) < 4.78 is 5.32. The molecule has 0 saturated carbocycles. The van der Waals surface area contributed by atoms with E-state index in [2.05, 4.69) is 31.2 Å². The second-order valence-electron chi connectivity index (χ2n) is 5.29. The molecule has 3 aromatic rings. The van der Waals surface area contributed by atoms with E-state index >= 15 is 0 Å². The third-order valence-corrected chi connectivity index (χ3v) is 3.75. The molecule has 0 amide bonds. The third-order valence-electron chi connectivity index (χ3n) is 3.51. The molecule has 0 aliphatic rings. The Labute approximate surface area is 140 Å². The quantitative estimate of drug-likeness (QED) is 0.468. The Bertz CT molecular complexity index is 821. The van der Waals surface area contributed by atoms with Crippen LogP contribution in [0.1, 0.15) is 15.9 Å². The number of carbonyl (C=O) groups is 1. The van der Waals surface area contributed by atoms with Crippen molar-refractivity contribution in [3.8, 4) is 16.9 Å². The maximum Gasteiger partial charge on any atom is 0.343 e. The van der Waals surface area contributed by atoms with Gasteiger partial charge in [0.25, 0.3) is 0 Å². The van der Waals surface area contributed by atoms with Crippen LogP contribution in [0, 0.1) is 6.92 Å². The fourth-order valence-corrected chi connectivity index (χ4v) is 2.42. The Balaban J connectivity index is 1.76. The van der Waals surface area contributed by atoms with Crippen LogP contribution in [0.3, 0.4) is 0 Å². The van der Waals surface area contributed by atoms with Crippen LogP contribution in [-0.2, 0) is 0 Å². The molecular weight excluding hydrogens is 308 g/mol. The summed E-state index contributed by atoms with van der Waals surface area (Å²) in [5.41, 5.74) is 3.89. The molecule has 0 spiro atoms. The Morgan fingerprint density at radius 1 is 0.870 bits per heavy atom. The minimum absolute atomic E-state index is 0.400. The average molecular weight is 323 g/mol. The van der Waals surface area contributed by atoms with Crippen LogP contribution < -0.4 is 4.74 Å². The average Bonchev–Trinajstić information content (AvgIpc) is 2.56. The van der Waals surface area contributed by atoms with Gasteiger partial charge in [-0.2, -0.15) is 0 Å². The molecule has 0 unspecified atom stereocenters. The van der Waals surface area contributed by atoms with Gasteiger partial charge >= 0.3 is 5.97 Å². The molecule has 2 nitrogen and oxygen atoms in total. The first kappa shape index (κ1) is 15.3. The third kappa shape index (κ3) is 3.79. The largest absolute Gasteiger partial charge is 0.423 e. The summed E-state index contributed by atoms with van der Waals surface area (Å²) in [5, 5.41) is 0.532. The van der Waals surface area contributed by atoms with Gasteiger partial charge in [0.1, 0.15) is 5.75 Å². The molecule has 0 aliphatic heterocycles. The maximum absolute atomic E-state index is 12.2. The Morgan fingerprint density at radius 2 is 1.48 bits per heavy atom. The van der Waals surface area contributed by atoms with E-state index in [0.717, 1.165) is 11.1 Å². The van der Waals surface area contributed by atoms with Crippen LogP contribution in [0.5, 0.6) is 5.75 Å². The fraction of sp³-hybridized carbons (Fsp3) is 0.0500. The van der Waals surface area contributed by atoms with Gasteiger partial charge in [-0.25, -0.2) is 4.79 Å². The second kappa shape index (κ2) is 6.67. The number of aryl methyl sites for hydroxylation is 1. The minimum atomic E-state index is -0.400. The number of rotatable bonds is 3. The van der Waals surface area contributed by atoms with Gasteiger partial charge in [-0.15, -0.1) is 0 Å². The molecule has 23 heavy (non-hydrogen) atoms. The van der Waals surface area contributed by atoms with Gasteiger partial charge < -0.3 is 4.74 Å². The molecule has 0 atom stereocenters. The SMILES string of the molecule is Cc1ccc(-c2ccc(C(=O)Oc3cccc(Cl)c3)cc2)cc1. The zero-order chi connectivity index (χ0) is 16.2.